The zero-order valence-electron chi connectivity index (χ0n) is 17.1. The van der Waals surface area contributed by atoms with Crippen LogP contribution in [0.1, 0.15) is 44.7 Å². The van der Waals surface area contributed by atoms with Gasteiger partial charge >= 0.3 is 0 Å². The number of benzene rings is 2. The lowest BCUT2D eigenvalue weighted by Crippen LogP contribution is -2.35. The van der Waals surface area contributed by atoms with Crippen LogP contribution in [0.2, 0.25) is 0 Å². The predicted octanol–water partition coefficient (Wildman–Crippen LogP) is 5.62. The van der Waals surface area contributed by atoms with Crippen LogP contribution < -0.4 is 10.1 Å². The highest BCUT2D eigenvalue weighted by Gasteiger charge is 2.28. The molecule has 0 amide bonds. The van der Waals surface area contributed by atoms with Crippen LogP contribution in [0.15, 0.2) is 54.7 Å². The van der Waals surface area contributed by atoms with Gasteiger partial charge in [0.25, 0.3) is 0 Å². The van der Waals surface area contributed by atoms with E-state index in [0.717, 1.165) is 36.2 Å². The Balaban J connectivity index is 1.76. The maximum Gasteiger partial charge on any atom is 0.123 e. The fourth-order valence-electron chi connectivity index (χ4n) is 3.86. The number of halogens is 1. The predicted molar refractivity (Wildman–Crippen MR) is 113 cm³/mol. The number of nitrogens with one attached hydrogen (secondary N) is 1. The molecule has 0 aliphatic carbocycles. The maximum absolute atomic E-state index is 13.9. The molecule has 4 heteroatoms. The molecule has 1 heterocycles. The molecule has 1 atom stereocenters. The second-order valence-corrected chi connectivity index (χ2v) is 7.91. The van der Waals surface area contributed by atoms with Gasteiger partial charge in [0.15, 0.2) is 0 Å². The lowest BCUT2D eigenvalue weighted by Gasteiger charge is -2.32. The molecule has 1 aromatic heterocycles. The summed E-state index contributed by atoms with van der Waals surface area (Å²) in [5.41, 5.74) is 2.94. The van der Waals surface area contributed by atoms with Crippen molar-refractivity contribution >= 4 is 10.9 Å². The Labute approximate surface area is 167 Å². The monoisotopic (exact) mass is 380 g/mol. The number of hydrogen-bond acceptors (Lipinski definition) is 3. The molecule has 2 aromatic carbocycles. The average Bonchev–Trinajstić information content (AvgIpc) is 2.71. The standard InChI is InChI=1S/C24H29FN2O/c1-5-19(15-24(2,3)21-14-18(25)10-11-23(21)28-4)27-16-17-12-13-26-22-9-7-6-8-20(17)22/h6-14,19,27H,5,15-16H2,1-4H3. The molecule has 0 spiro atoms. The van der Waals surface area contributed by atoms with Crippen molar-refractivity contribution in [2.75, 3.05) is 7.11 Å². The van der Waals surface area contributed by atoms with Crippen LogP contribution in [0.5, 0.6) is 5.75 Å². The Kier molecular flexibility index (Phi) is 6.30. The molecule has 0 saturated heterocycles. The molecule has 0 aliphatic rings. The van der Waals surface area contributed by atoms with Gasteiger partial charge in [-0.2, -0.15) is 0 Å². The third-order valence-corrected chi connectivity index (χ3v) is 5.46. The smallest absolute Gasteiger partial charge is 0.123 e. The number of nitrogens with zero attached hydrogens (tertiary/aromatic N) is 1. The SMILES string of the molecule is CCC(CC(C)(C)c1cc(F)ccc1OC)NCc1ccnc2ccccc12. The average molecular weight is 381 g/mol. The van der Waals surface area contributed by atoms with Crippen LogP contribution in [-0.4, -0.2) is 18.1 Å². The first-order chi connectivity index (χ1) is 13.4. The van der Waals surface area contributed by atoms with Crippen molar-refractivity contribution in [2.45, 2.75) is 51.6 Å². The Hall–Kier alpha value is -2.46. The van der Waals surface area contributed by atoms with Gasteiger partial charge in [-0.05, 0) is 54.2 Å². The quantitative estimate of drug-likeness (QED) is 0.551. The topological polar surface area (TPSA) is 34.1 Å². The summed E-state index contributed by atoms with van der Waals surface area (Å²) in [6, 6.07) is 15.3. The number of methoxy groups -OCH3 is 1. The zero-order chi connectivity index (χ0) is 20.1. The summed E-state index contributed by atoms with van der Waals surface area (Å²) in [7, 11) is 1.64. The third-order valence-electron chi connectivity index (χ3n) is 5.46. The molecule has 1 unspecified atom stereocenters. The summed E-state index contributed by atoms with van der Waals surface area (Å²) in [6.45, 7) is 7.26. The van der Waals surface area contributed by atoms with E-state index in [-0.39, 0.29) is 11.2 Å². The van der Waals surface area contributed by atoms with Crippen LogP contribution in [-0.2, 0) is 12.0 Å². The minimum atomic E-state index is -0.229. The second-order valence-electron chi connectivity index (χ2n) is 7.91. The Morgan fingerprint density at radius 3 is 2.68 bits per heavy atom. The molecular weight excluding hydrogens is 351 g/mol. The number of ether oxygens (including phenoxy) is 1. The van der Waals surface area contributed by atoms with Crippen LogP contribution in [0.3, 0.4) is 0 Å². The van der Waals surface area contributed by atoms with Crippen molar-refractivity contribution in [1.29, 1.82) is 0 Å². The lowest BCUT2D eigenvalue weighted by atomic mass is 9.78. The van der Waals surface area contributed by atoms with Gasteiger partial charge in [-0.1, -0.05) is 39.0 Å². The summed E-state index contributed by atoms with van der Waals surface area (Å²) >= 11 is 0. The maximum atomic E-state index is 13.9. The Morgan fingerprint density at radius 2 is 1.93 bits per heavy atom. The first kappa shape index (κ1) is 20.3. The van der Waals surface area contributed by atoms with Crippen molar-refractivity contribution in [3.8, 4) is 5.75 Å². The van der Waals surface area contributed by atoms with E-state index >= 15 is 0 Å². The fraction of sp³-hybridized carbons (Fsp3) is 0.375. The number of para-hydroxylation sites is 1. The van der Waals surface area contributed by atoms with E-state index in [2.05, 4.69) is 43.2 Å². The van der Waals surface area contributed by atoms with Gasteiger partial charge in [0.05, 0.1) is 12.6 Å². The number of rotatable bonds is 8. The highest BCUT2D eigenvalue weighted by atomic mass is 19.1. The molecule has 3 nitrogen and oxygen atoms in total. The number of hydrogen-bond donors (Lipinski definition) is 1. The van der Waals surface area contributed by atoms with Gasteiger partial charge in [0.1, 0.15) is 11.6 Å². The van der Waals surface area contributed by atoms with E-state index in [9.17, 15) is 4.39 Å². The van der Waals surface area contributed by atoms with Gasteiger partial charge in [-0.3, -0.25) is 4.98 Å². The summed E-state index contributed by atoms with van der Waals surface area (Å²) in [5.74, 6) is 0.509. The van der Waals surface area contributed by atoms with Crippen LogP contribution in [0.4, 0.5) is 4.39 Å². The first-order valence-electron chi connectivity index (χ1n) is 9.84. The highest BCUT2D eigenvalue weighted by molar-refractivity contribution is 5.81. The number of fused-ring (bicyclic) bond motifs is 1. The van der Waals surface area contributed by atoms with Crippen molar-refractivity contribution in [2.24, 2.45) is 0 Å². The highest BCUT2D eigenvalue weighted by Crippen LogP contribution is 2.36. The van der Waals surface area contributed by atoms with Crippen LogP contribution >= 0.6 is 0 Å². The zero-order valence-corrected chi connectivity index (χ0v) is 17.1. The van der Waals surface area contributed by atoms with Gasteiger partial charge in [0, 0.05) is 29.7 Å². The first-order valence-corrected chi connectivity index (χ1v) is 9.84. The largest absolute Gasteiger partial charge is 0.496 e. The van der Waals surface area contributed by atoms with Crippen molar-refractivity contribution < 1.29 is 9.13 Å². The molecule has 0 aliphatic heterocycles. The Bertz CT molecular complexity index is 934. The van der Waals surface area contributed by atoms with Gasteiger partial charge in [-0.25, -0.2) is 4.39 Å². The second kappa shape index (κ2) is 8.70. The van der Waals surface area contributed by atoms with Gasteiger partial charge in [-0.15, -0.1) is 0 Å². The molecule has 28 heavy (non-hydrogen) atoms. The van der Waals surface area contributed by atoms with Crippen molar-refractivity contribution in [3.05, 3.63) is 71.7 Å². The van der Waals surface area contributed by atoms with E-state index in [4.69, 9.17) is 4.74 Å². The summed E-state index contributed by atoms with van der Waals surface area (Å²) < 4.78 is 19.4. The van der Waals surface area contributed by atoms with E-state index in [1.165, 1.54) is 17.0 Å². The van der Waals surface area contributed by atoms with E-state index in [1.807, 2.05) is 24.4 Å². The lowest BCUT2D eigenvalue weighted by molar-refractivity contribution is 0.342. The molecule has 3 aromatic rings. The Morgan fingerprint density at radius 1 is 1.14 bits per heavy atom. The molecule has 1 N–H and O–H groups in total. The van der Waals surface area contributed by atoms with Crippen LogP contribution in [0.25, 0.3) is 10.9 Å². The number of aromatic nitrogens is 1. The minimum absolute atomic E-state index is 0.221. The normalized spacial score (nSPS) is 12.9. The van der Waals surface area contributed by atoms with E-state index < -0.39 is 0 Å². The van der Waals surface area contributed by atoms with Crippen molar-refractivity contribution in [3.63, 3.8) is 0 Å². The van der Waals surface area contributed by atoms with E-state index in [1.54, 1.807) is 19.2 Å². The molecule has 3 rings (SSSR count). The van der Waals surface area contributed by atoms with Crippen molar-refractivity contribution in [1.82, 2.24) is 10.3 Å². The summed E-state index contributed by atoms with van der Waals surface area (Å²) in [6.07, 6.45) is 3.73. The van der Waals surface area contributed by atoms with E-state index in [0.29, 0.717) is 6.04 Å². The van der Waals surface area contributed by atoms with Gasteiger partial charge < -0.3 is 10.1 Å². The van der Waals surface area contributed by atoms with Crippen LogP contribution in [0, 0.1) is 5.82 Å². The fourth-order valence-corrected chi connectivity index (χ4v) is 3.86. The summed E-state index contributed by atoms with van der Waals surface area (Å²) in [4.78, 5) is 4.44. The third kappa shape index (κ3) is 4.50. The summed E-state index contributed by atoms with van der Waals surface area (Å²) in [5, 5.41) is 4.87. The molecule has 0 saturated carbocycles. The minimum Gasteiger partial charge on any atom is -0.496 e. The van der Waals surface area contributed by atoms with Gasteiger partial charge in [0.2, 0.25) is 0 Å². The molecule has 0 fully saturated rings. The molecule has 0 radical (unpaired) electrons. The molecule has 0 bridgehead atoms. The molecular formula is C24H29FN2O. The number of pyridine rings is 1. The molecule has 148 valence electrons.